The molecule has 9 heteroatoms. The van der Waals surface area contributed by atoms with E-state index in [1.807, 2.05) is 36.4 Å². The van der Waals surface area contributed by atoms with Crippen molar-refractivity contribution in [3.05, 3.63) is 89.8 Å². The summed E-state index contributed by atoms with van der Waals surface area (Å²) in [5.74, 6) is 0.284. The Morgan fingerprint density at radius 3 is 2.18 bits per heavy atom. The summed E-state index contributed by atoms with van der Waals surface area (Å²) < 4.78 is 32.8. The van der Waals surface area contributed by atoms with Crippen LogP contribution in [-0.4, -0.2) is 32.5 Å². The summed E-state index contributed by atoms with van der Waals surface area (Å²) in [6, 6.07) is 22.6. The second-order valence-electron chi connectivity index (χ2n) is 7.67. The second kappa shape index (κ2) is 8.28. The van der Waals surface area contributed by atoms with E-state index in [9.17, 15) is 0 Å². The van der Waals surface area contributed by atoms with E-state index in [1.54, 1.807) is 0 Å². The van der Waals surface area contributed by atoms with Gasteiger partial charge in [-0.3, -0.25) is 4.55 Å². The maximum atomic E-state index is 8.63. The van der Waals surface area contributed by atoms with Gasteiger partial charge in [-0.15, -0.1) is 0 Å². The smallest absolute Gasteiger partial charge is 0.229 e. The minimum atomic E-state index is -4.92. The summed E-state index contributed by atoms with van der Waals surface area (Å²) in [5.41, 5.74) is 9.25. The Labute approximate surface area is 189 Å². The van der Waals surface area contributed by atoms with Crippen LogP contribution in [0.2, 0.25) is 0 Å². The van der Waals surface area contributed by atoms with Crippen molar-refractivity contribution in [1.29, 1.82) is 0 Å². The number of rotatable bonds is 1. The Morgan fingerprint density at radius 2 is 1.45 bits per heavy atom. The van der Waals surface area contributed by atoms with E-state index in [-0.39, 0.29) is 5.92 Å². The summed E-state index contributed by atoms with van der Waals surface area (Å²) in [5, 5.41) is 0. The minimum Gasteiger partial charge on any atom is -0.726 e. The highest BCUT2D eigenvalue weighted by molar-refractivity contribution is 7.79. The van der Waals surface area contributed by atoms with Gasteiger partial charge in [-0.05, 0) is 35.9 Å². The summed E-state index contributed by atoms with van der Waals surface area (Å²) in [6.07, 6.45) is 5.28. The summed E-state index contributed by atoms with van der Waals surface area (Å²) in [4.78, 5) is 17.9. The molecule has 0 saturated carbocycles. The lowest BCUT2D eigenvalue weighted by Crippen LogP contribution is -2.19. The van der Waals surface area contributed by atoms with Crippen molar-refractivity contribution in [3.63, 3.8) is 0 Å². The molecule has 1 aliphatic carbocycles. The van der Waals surface area contributed by atoms with Crippen LogP contribution in [0.3, 0.4) is 0 Å². The minimum absolute atomic E-state index is 0.284. The number of hydrogen-bond acceptors (Lipinski definition) is 6. The molecule has 1 unspecified atom stereocenters. The third-order valence-corrected chi connectivity index (χ3v) is 5.44. The monoisotopic (exact) mass is 458 g/mol. The van der Waals surface area contributed by atoms with Crippen LogP contribution in [0.1, 0.15) is 22.9 Å². The Kier molecular flexibility index (Phi) is 5.29. The molecule has 2 heterocycles. The van der Waals surface area contributed by atoms with Crippen LogP contribution in [0.25, 0.3) is 39.2 Å². The quantitative estimate of drug-likeness (QED) is 0.231. The van der Waals surface area contributed by atoms with E-state index in [1.165, 1.54) is 5.56 Å². The highest BCUT2D eigenvalue weighted by atomic mass is 32.3. The number of H-pyrrole nitrogens is 1. The highest BCUT2D eigenvalue weighted by Crippen LogP contribution is 2.30. The number of para-hydroxylation sites is 4. The number of allylic oxidation sites excluding steroid dienone is 1. The number of aromatic amines is 1. The number of fused-ring (bicyclic) bond motifs is 4. The van der Waals surface area contributed by atoms with Crippen LogP contribution in [-0.2, 0) is 16.8 Å². The SMILES string of the molecule is C1=CC(c2ccc3nc4ccccc4nc3c2)Cc2nc3ccccc3[nH+]c21.O=S(=O)([O-])O. The Balaban J connectivity index is 0.000000416. The van der Waals surface area contributed by atoms with Crippen molar-refractivity contribution in [1.82, 2.24) is 15.0 Å². The average Bonchev–Trinajstić information content (AvgIpc) is 2.79. The molecular weight excluding hydrogens is 440 g/mol. The molecular formula is C24H18N4O4S. The van der Waals surface area contributed by atoms with Crippen molar-refractivity contribution in [2.75, 3.05) is 0 Å². The number of aromatic nitrogens is 4. The van der Waals surface area contributed by atoms with Gasteiger partial charge in [0, 0.05) is 24.5 Å². The maximum absolute atomic E-state index is 8.63. The maximum Gasteiger partial charge on any atom is 0.229 e. The van der Waals surface area contributed by atoms with Gasteiger partial charge in [0.1, 0.15) is 11.2 Å². The fraction of sp³-hybridized carbons (Fsp3) is 0.0833. The topological polar surface area (TPSA) is 130 Å². The van der Waals surface area contributed by atoms with Gasteiger partial charge in [-0.1, -0.05) is 36.4 Å². The van der Waals surface area contributed by atoms with Gasteiger partial charge in [-0.25, -0.2) is 28.4 Å². The first kappa shape index (κ1) is 21.1. The van der Waals surface area contributed by atoms with Crippen LogP contribution < -0.4 is 4.98 Å². The predicted molar refractivity (Wildman–Crippen MR) is 123 cm³/mol. The Hall–Kier alpha value is -3.79. The molecule has 1 atom stereocenters. The molecule has 2 aromatic heterocycles. The van der Waals surface area contributed by atoms with Crippen LogP contribution in [0, 0.1) is 0 Å². The summed E-state index contributed by atoms with van der Waals surface area (Å²) in [7, 11) is -4.92. The molecule has 6 rings (SSSR count). The molecule has 0 aliphatic heterocycles. The molecule has 5 aromatic rings. The molecule has 33 heavy (non-hydrogen) atoms. The lowest BCUT2D eigenvalue weighted by atomic mass is 9.89. The number of nitrogens with one attached hydrogen (secondary N) is 1. The van der Waals surface area contributed by atoms with Gasteiger partial charge in [0.2, 0.25) is 21.6 Å². The van der Waals surface area contributed by atoms with Crippen molar-refractivity contribution >= 4 is 49.6 Å². The lowest BCUT2D eigenvalue weighted by molar-refractivity contribution is -0.349. The van der Waals surface area contributed by atoms with Crippen LogP contribution >= 0.6 is 0 Å². The van der Waals surface area contributed by atoms with Gasteiger partial charge in [-0.2, -0.15) is 0 Å². The molecule has 0 bridgehead atoms. The zero-order valence-corrected chi connectivity index (χ0v) is 18.0. The standard InChI is InChI=1S/C24H16N4.H2O4S/c1-3-7-19-17(5-1)25-21-11-9-15(13-23(21)27-19)16-10-12-22-24(14-16)28-20-8-4-2-6-18(20)26-22;1-5(2,3)4/h1-13,16H,14H2;(H2,1,2,3,4). The van der Waals surface area contributed by atoms with E-state index < -0.39 is 10.4 Å². The molecule has 2 N–H and O–H groups in total. The first-order chi connectivity index (χ1) is 15.8. The van der Waals surface area contributed by atoms with Crippen LogP contribution in [0.5, 0.6) is 0 Å². The summed E-state index contributed by atoms with van der Waals surface area (Å²) >= 11 is 0. The van der Waals surface area contributed by atoms with E-state index in [4.69, 9.17) is 32.5 Å². The molecule has 0 spiro atoms. The van der Waals surface area contributed by atoms with E-state index in [0.717, 1.165) is 50.9 Å². The van der Waals surface area contributed by atoms with Crippen molar-refractivity contribution in [2.45, 2.75) is 12.3 Å². The van der Waals surface area contributed by atoms with E-state index >= 15 is 0 Å². The highest BCUT2D eigenvalue weighted by Gasteiger charge is 2.22. The molecule has 0 fully saturated rings. The molecule has 164 valence electrons. The predicted octanol–water partition coefficient (Wildman–Crippen LogP) is 3.50. The zero-order valence-electron chi connectivity index (χ0n) is 17.2. The largest absolute Gasteiger partial charge is 0.726 e. The van der Waals surface area contributed by atoms with Crippen molar-refractivity contribution in [3.8, 4) is 0 Å². The zero-order chi connectivity index (χ0) is 23.0. The van der Waals surface area contributed by atoms with Crippen molar-refractivity contribution in [2.24, 2.45) is 0 Å². The second-order valence-corrected chi connectivity index (χ2v) is 8.53. The van der Waals surface area contributed by atoms with Crippen molar-refractivity contribution < 1.29 is 22.5 Å². The lowest BCUT2D eigenvalue weighted by Gasteiger charge is -2.17. The summed E-state index contributed by atoms with van der Waals surface area (Å²) in [6.45, 7) is 0. The molecule has 8 nitrogen and oxygen atoms in total. The van der Waals surface area contributed by atoms with E-state index in [2.05, 4.69) is 47.5 Å². The van der Waals surface area contributed by atoms with Gasteiger partial charge in [0.15, 0.2) is 0 Å². The fourth-order valence-electron chi connectivity index (χ4n) is 3.98. The Morgan fingerprint density at radius 1 is 0.848 bits per heavy atom. The molecule has 1 aliphatic rings. The average molecular weight is 458 g/mol. The Bertz CT molecular complexity index is 1640. The molecule has 0 saturated heterocycles. The number of nitrogens with zero attached hydrogens (tertiary/aromatic N) is 3. The first-order valence-electron chi connectivity index (χ1n) is 10.2. The van der Waals surface area contributed by atoms with Crippen LogP contribution in [0.4, 0.5) is 0 Å². The normalized spacial score (nSPS) is 15.3. The van der Waals surface area contributed by atoms with Gasteiger partial charge < -0.3 is 4.55 Å². The third kappa shape index (κ3) is 4.70. The fourth-order valence-corrected chi connectivity index (χ4v) is 3.98. The molecule has 3 aromatic carbocycles. The number of hydrogen-bond donors (Lipinski definition) is 1. The van der Waals surface area contributed by atoms with Crippen LogP contribution in [0.15, 0.2) is 72.8 Å². The molecule has 0 radical (unpaired) electrons. The van der Waals surface area contributed by atoms with Gasteiger partial charge in [0.05, 0.1) is 22.1 Å². The molecule has 0 amide bonds. The van der Waals surface area contributed by atoms with E-state index in [0.29, 0.717) is 0 Å². The van der Waals surface area contributed by atoms with Gasteiger partial charge in [0.25, 0.3) is 0 Å². The number of benzene rings is 3. The third-order valence-electron chi connectivity index (χ3n) is 5.44. The van der Waals surface area contributed by atoms with Gasteiger partial charge >= 0.3 is 0 Å². The first-order valence-corrected chi connectivity index (χ1v) is 11.5.